The smallest absolute Gasteiger partial charge is 0.303 e. The molecule has 1 heterocycles. The van der Waals surface area contributed by atoms with E-state index in [1.807, 2.05) is 0 Å². The van der Waals surface area contributed by atoms with Crippen molar-refractivity contribution in [3.8, 4) is 0 Å². The Bertz CT molecular complexity index is 870. The van der Waals surface area contributed by atoms with Crippen LogP contribution in [0.15, 0.2) is 48.5 Å². The van der Waals surface area contributed by atoms with Gasteiger partial charge in [0, 0.05) is 24.5 Å². The number of rotatable bonds is 3. The summed E-state index contributed by atoms with van der Waals surface area (Å²) in [6, 6.07) is 18.6. The molecular formula is C24H27NO2. The van der Waals surface area contributed by atoms with Crippen molar-refractivity contribution in [3.63, 3.8) is 0 Å². The molecule has 140 valence electrons. The number of hydrogen-bond donors (Lipinski definition) is 1. The Hall–Kier alpha value is -2.13. The van der Waals surface area contributed by atoms with Gasteiger partial charge >= 0.3 is 5.97 Å². The van der Waals surface area contributed by atoms with Crippen molar-refractivity contribution in [2.45, 2.75) is 50.0 Å². The number of carboxylic acid groups (broad SMARTS) is 1. The first-order chi connectivity index (χ1) is 13.1. The van der Waals surface area contributed by atoms with Crippen molar-refractivity contribution in [2.24, 2.45) is 5.92 Å². The molecule has 27 heavy (non-hydrogen) atoms. The van der Waals surface area contributed by atoms with E-state index in [9.17, 15) is 4.79 Å². The Kier molecular flexibility index (Phi) is 4.08. The minimum atomic E-state index is -0.656. The second kappa shape index (κ2) is 6.49. The molecule has 1 N–H and O–H groups in total. The Morgan fingerprint density at radius 2 is 1.74 bits per heavy atom. The molecule has 2 aliphatic carbocycles. The van der Waals surface area contributed by atoms with E-state index in [0.29, 0.717) is 18.4 Å². The maximum Gasteiger partial charge on any atom is 0.303 e. The van der Waals surface area contributed by atoms with E-state index >= 15 is 0 Å². The summed E-state index contributed by atoms with van der Waals surface area (Å²) in [4.78, 5) is 13.5. The van der Waals surface area contributed by atoms with Crippen LogP contribution in [0, 0.1) is 5.92 Å². The molecular weight excluding hydrogens is 334 g/mol. The van der Waals surface area contributed by atoms with Crippen molar-refractivity contribution in [3.05, 3.63) is 70.8 Å². The van der Waals surface area contributed by atoms with Crippen LogP contribution >= 0.6 is 0 Å². The quantitative estimate of drug-likeness (QED) is 0.897. The monoisotopic (exact) mass is 361 g/mol. The van der Waals surface area contributed by atoms with Crippen LogP contribution in [-0.2, 0) is 23.1 Å². The average Bonchev–Trinajstić information content (AvgIpc) is 2.98. The van der Waals surface area contributed by atoms with Crippen molar-refractivity contribution in [1.82, 2.24) is 4.90 Å². The highest BCUT2D eigenvalue weighted by Crippen LogP contribution is 2.49. The van der Waals surface area contributed by atoms with E-state index in [0.717, 1.165) is 25.9 Å². The van der Waals surface area contributed by atoms with Crippen molar-refractivity contribution >= 4 is 5.97 Å². The van der Waals surface area contributed by atoms with Crippen molar-refractivity contribution < 1.29 is 9.90 Å². The van der Waals surface area contributed by atoms with Gasteiger partial charge in [-0.25, -0.2) is 0 Å². The minimum Gasteiger partial charge on any atom is -0.481 e. The van der Waals surface area contributed by atoms with E-state index in [1.165, 1.54) is 36.0 Å². The number of hydrogen-bond acceptors (Lipinski definition) is 2. The average molecular weight is 361 g/mol. The number of aliphatic carboxylic acids is 1. The van der Waals surface area contributed by atoms with Crippen LogP contribution in [-0.4, -0.2) is 35.1 Å². The highest BCUT2D eigenvalue weighted by molar-refractivity contribution is 5.67. The molecule has 0 aromatic heterocycles. The molecule has 2 fully saturated rings. The van der Waals surface area contributed by atoms with Crippen molar-refractivity contribution in [2.75, 3.05) is 13.1 Å². The lowest BCUT2D eigenvalue weighted by Gasteiger charge is -2.43. The summed E-state index contributed by atoms with van der Waals surface area (Å²) < 4.78 is 0. The predicted molar refractivity (Wildman–Crippen MR) is 106 cm³/mol. The fourth-order valence-electron chi connectivity index (χ4n) is 5.86. The summed E-state index contributed by atoms with van der Waals surface area (Å²) in [5.74, 6) is -0.307. The Labute approximate surface area is 161 Å². The van der Waals surface area contributed by atoms with Gasteiger partial charge in [0.1, 0.15) is 0 Å². The Morgan fingerprint density at radius 3 is 2.52 bits per heavy atom. The van der Waals surface area contributed by atoms with Gasteiger partial charge in [0.15, 0.2) is 0 Å². The number of likely N-dealkylation sites (tertiary alicyclic amines) is 1. The zero-order valence-corrected chi connectivity index (χ0v) is 15.7. The lowest BCUT2D eigenvalue weighted by molar-refractivity contribution is -0.139. The first kappa shape index (κ1) is 17.0. The number of benzene rings is 2. The van der Waals surface area contributed by atoms with Gasteiger partial charge in [-0.2, -0.15) is 0 Å². The third-order valence-corrected chi connectivity index (χ3v) is 7.16. The normalized spacial score (nSPS) is 27.6. The highest BCUT2D eigenvalue weighted by Gasteiger charge is 2.46. The van der Waals surface area contributed by atoms with E-state index in [1.54, 1.807) is 5.56 Å². The molecule has 1 spiro atoms. The van der Waals surface area contributed by atoms with Gasteiger partial charge in [-0.15, -0.1) is 0 Å². The van der Waals surface area contributed by atoms with Gasteiger partial charge in [0.05, 0.1) is 6.42 Å². The number of carbonyl (C=O) groups is 1. The third-order valence-electron chi connectivity index (χ3n) is 7.16. The fourth-order valence-corrected chi connectivity index (χ4v) is 5.86. The summed E-state index contributed by atoms with van der Waals surface area (Å²) in [6.07, 6.45) is 6.19. The molecule has 3 nitrogen and oxygen atoms in total. The Balaban J connectivity index is 1.42. The maximum atomic E-state index is 10.9. The minimum absolute atomic E-state index is 0.242. The van der Waals surface area contributed by atoms with E-state index in [2.05, 4.69) is 53.4 Å². The topological polar surface area (TPSA) is 40.5 Å². The van der Waals surface area contributed by atoms with Crippen LogP contribution in [0.3, 0.4) is 0 Å². The van der Waals surface area contributed by atoms with Crippen LogP contribution in [0.25, 0.3) is 0 Å². The van der Waals surface area contributed by atoms with Gasteiger partial charge in [0.2, 0.25) is 0 Å². The fraction of sp³-hybridized carbons (Fsp3) is 0.458. The molecule has 2 aromatic carbocycles. The standard InChI is InChI=1S/C24H27NO2/c26-23(27)11-17-15-25(16-17)21-9-10-24(14-21)13-20-7-2-1-5-18(20)12-19-6-3-4-8-22(19)24/h1-8,17,21H,9-16H2,(H,26,27). The Morgan fingerprint density at radius 1 is 1.04 bits per heavy atom. The van der Waals surface area contributed by atoms with Crippen molar-refractivity contribution in [1.29, 1.82) is 0 Å². The summed E-state index contributed by atoms with van der Waals surface area (Å²) >= 11 is 0. The molecule has 1 saturated carbocycles. The predicted octanol–water partition coefficient (Wildman–Crippen LogP) is 4.03. The maximum absolute atomic E-state index is 10.9. The van der Waals surface area contributed by atoms with Gasteiger partial charge in [-0.1, -0.05) is 48.5 Å². The number of carboxylic acids is 1. The highest BCUT2D eigenvalue weighted by atomic mass is 16.4. The first-order valence-corrected chi connectivity index (χ1v) is 10.2. The molecule has 1 saturated heterocycles. The largest absolute Gasteiger partial charge is 0.481 e. The summed E-state index contributed by atoms with van der Waals surface area (Å²) in [5, 5.41) is 9.01. The molecule has 3 heteroatoms. The molecule has 5 rings (SSSR count). The van der Waals surface area contributed by atoms with Crippen LogP contribution < -0.4 is 0 Å². The van der Waals surface area contributed by atoms with Crippen LogP contribution in [0.4, 0.5) is 0 Å². The van der Waals surface area contributed by atoms with Gasteiger partial charge < -0.3 is 5.11 Å². The number of fused-ring (bicyclic) bond motifs is 3. The van der Waals surface area contributed by atoms with Crippen LogP contribution in [0.2, 0.25) is 0 Å². The molecule has 2 atom stereocenters. The summed E-state index contributed by atoms with van der Waals surface area (Å²) in [7, 11) is 0. The molecule has 0 amide bonds. The van der Waals surface area contributed by atoms with Gasteiger partial charge in [0.25, 0.3) is 0 Å². The lowest BCUT2D eigenvalue weighted by Crippen LogP contribution is -2.52. The van der Waals surface area contributed by atoms with Gasteiger partial charge in [-0.05, 0) is 60.3 Å². The number of nitrogens with zero attached hydrogens (tertiary/aromatic N) is 1. The lowest BCUT2D eigenvalue weighted by atomic mass is 9.73. The molecule has 2 unspecified atom stereocenters. The van der Waals surface area contributed by atoms with E-state index < -0.39 is 5.97 Å². The second-order valence-corrected chi connectivity index (χ2v) is 8.87. The van der Waals surface area contributed by atoms with Crippen LogP contribution in [0.1, 0.15) is 47.9 Å². The summed E-state index contributed by atoms with van der Waals surface area (Å²) in [5.41, 5.74) is 6.30. The molecule has 0 bridgehead atoms. The van der Waals surface area contributed by atoms with E-state index in [-0.39, 0.29) is 5.41 Å². The molecule has 0 radical (unpaired) electrons. The van der Waals surface area contributed by atoms with E-state index in [4.69, 9.17) is 5.11 Å². The van der Waals surface area contributed by atoms with Crippen LogP contribution in [0.5, 0.6) is 0 Å². The SMILES string of the molecule is O=C(O)CC1CN(C2CCC3(Cc4ccccc4Cc4ccccc43)C2)C1. The molecule has 2 aromatic rings. The zero-order chi connectivity index (χ0) is 18.4. The van der Waals surface area contributed by atoms with Gasteiger partial charge in [-0.3, -0.25) is 9.69 Å². The third kappa shape index (κ3) is 2.98. The molecule has 3 aliphatic rings. The molecule has 1 aliphatic heterocycles. The second-order valence-electron chi connectivity index (χ2n) is 8.87. The summed E-state index contributed by atoms with van der Waals surface area (Å²) in [6.45, 7) is 1.93. The first-order valence-electron chi connectivity index (χ1n) is 10.2. The zero-order valence-electron chi connectivity index (χ0n) is 15.7.